The molecular formula is C12H12BrFOS. The van der Waals surface area contributed by atoms with Gasteiger partial charge in [0.1, 0.15) is 5.82 Å². The van der Waals surface area contributed by atoms with E-state index in [1.165, 1.54) is 6.07 Å². The first-order valence-electron chi connectivity index (χ1n) is 5.15. The molecule has 1 aromatic carbocycles. The van der Waals surface area contributed by atoms with Crippen LogP contribution in [0.5, 0.6) is 0 Å². The van der Waals surface area contributed by atoms with Crippen LogP contribution in [0.3, 0.4) is 0 Å². The monoisotopic (exact) mass is 302 g/mol. The van der Waals surface area contributed by atoms with Gasteiger partial charge in [-0.15, -0.1) is 11.8 Å². The van der Waals surface area contributed by atoms with Crippen LogP contribution >= 0.6 is 27.7 Å². The van der Waals surface area contributed by atoms with E-state index < -0.39 is 5.82 Å². The first kappa shape index (κ1) is 12.1. The fraction of sp³-hybridized carbons (Fsp3) is 0.417. The van der Waals surface area contributed by atoms with Crippen LogP contribution in [0.4, 0.5) is 4.39 Å². The second kappa shape index (κ2) is 4.49. The highest BCUT2D eigenvalue weighted by molar-refractivity contribution is 9.10. The molecule has 1 aliphatic rings. The Labute approximate surface area is 107 Å². The fourth-order valence-electron chi connectivity index (χ4n) is 1.89. The third-order valence-corrected chi connectivity index (χ3v) is 5.04. The number of thioether (sulfide) groups is 1. The molecule has 1 unspecified atom stereocenters. The van der Waals surface area contributed by atoms with Gasteiger partial charge >= 0.3 is 0 Å². The average Bonchev–Trinajstić information content (AvgIpc) is 2.23. The lowest BCUT2D eigenvalue weighted by Crippen LogP contribution is -2.29. The maximum atomic E-state index is 13.7. The van der Waals surface area contributed by atoms with Crippen LogP contribution in [0.2, 0.25) is 0 Å². The predicted molar refractivity (Wildman–Crippen MR) is 68.4 cm³/mol. The van der Waals surface area contributed by atoms with E-state index in [2.05, 4.69) is 15.9 Å². The second-order valence-electron chi connectivity index (χ2n) is 4.22. The van der Waals surface area contributed by atoms with Gasteiger partial charge in [0.15, 0.2) is 5.78 Å². The van der Waals surface area contributed by atoms with Gasteiger partial charge in [0.2, 0.25) is 0 Å². The molecule has 4 heteroatoms. The molecule has 0 spiro atoms. The standard InChI is InChI=1S/C12H12BrFOS/c1-6(2)12-11(15)10-7(5-16-12)8(13)3-4-9(10)14/h3-4,6,12H,5H2,1-2H3. The number of ketones is 1. The molecule has 1 aromatic rings. The van der Waals surface area contributed by atoms with Crippen molar-refractivity contribution in [2.24, 2.45) is 5.92 Å². The van der Waals surface area contributed by atoms with Crippen molar-refractivity contribution in [1.29, 1.82) is 0 Å². The van der Waals surface area contributed by atoms with Gasteiger partial charge in [-0.2, -0.15) is 0 Å². The zero-order valence-electron chi connectivity index (χ0n) is 9.09. The van der Waals surface area contributed by atoms with Gasteiger partial charge in [0.25, 0.3) is 0 Å². The molecular weight excluding hydrogens is 291 g/mol. The number of hydrogen-bond donors (Lipinski definition) is 0. The zero-order valence-corrected chi connectivity index (χ0v) is 11.5. The smallest absolute Gasteiger partial charge is 0.179 e. The lowest BCUT2D eigenvalue weighted by molar-refractivity contribution is 0.0969. The van der Waals surface area contributed by atoms with Crippen molar-refractivity contribution in [3.8, 4) is 0 Å². The lowest BCUT2D eigenvalue weighted by atomic mass is 9.96. The third-order valence-electron chi connectivity index (χ3n) is 2.72. The molecule has 1 nitrogen and oxygen atoms in total. The summed E-state index contributed by atoms with van der Waals surface area (Å²) in [5.74, 6) is 0.473. The molecule has 1 heterocycles. The molecule has 0 aliphatic carbocycles. The minimum Gasteiger partial charge on any atom is -0.293 e. The first-order valence-corrected chi connectivity index (χ1v) is 6.99. The number of carbonyl (C=O) groups is 1. The molecule has 0 saturated heterocycles. The molecule has 0 fully saturated rings. The normalized spacial score (nSPS) is 20.1. The van der Waals surface area contributed by atoms with Gasteiger partial charge in [0, 0.05) is 10.2 Å². The van der Waals surface area contributed by atoms with Crippen molar-refractivity contribution in [3.05, 3.63) is 33.5 Å². The summed E-state index contributed by atoms with van der Waals surface area (Å²) in [4.78, 5) is 12.1. The molecule has 16 heavy (non-hydrogen) atoms. The molecule has 0 radical (unpaired) electrons. The van der Waals surface area contributed by atoms with Crippen LogP contribution in [-0.2, 0) is 5.75 Å². The summed E-state index contributed by atoms with van der Waals surface area (Å²) < 4.78 is 14.5. The van der Waals surface area contributed by atoms with E-state index >= 15 is 0 Å². The summed E-state index contributed by atoms with van der Waals surface area (Å²) in [6.07, 6.45) is 0. The van der Waals surface area contributed by atoms with Gasteiger partial charge in [-0.1, -0.05) is 29.8 Å². The zero-order chi connectivity index (χ0) is 11.9. The fourth-order valence-corrected chi connectivity index (χ4v) is 3.84. The van der Waals surface area contributed by atoms with E-state index in [4.69, 9.17) is 0 Å². The summed E-state index contributed by atoms with van der Waals surface area (Å²) in [5.41, 5.74) is 1.08. The Morgan fingerprint density at radius 3 is 2.81 bits per heavy atom. The Morgan fingerprint density at radius 1 is 1.50 bits per heavy atom. The number of benzene rings is 1. The molecule has 86 valence electrons. The van der Waals surface area contributed by atoms with Crippen LogP contribution in [-0.4, -0.2) is 11.0 Å². The number of fused-ring (bicyclic) bond motifs is 1. The molecule has 0 bridgehead atoms. The van der Waals surface area contributed by atoms with Gasteiger partial charge in [-0.05, 0) is 23.6 Å². The average molecular weight is 303 g/mol. The van der Waals surface area contributed by atoms with Crippen molar-refractivity contribution in [1.82, 2.24) is 0 Å². The SMILES string of the molecule is CC(C)C1SCc2c(Br)ccc(F)c2C1=O. The quantitative estimate of drug-likeness (QED) is 0.779. The lowest BCUT2D eigenvalue weighted by Gasteiger charge is -2.26. The Morgan fingerprint density at radius 2 is 2.19 bits per heavy atom. The molecule has 0 saturated carbocycles. The van der Waals surface area contributed by atoms with Crippen molar-refractivity contribution in [2.45, 2.75) is 24.9 Å². The Hall–Kier alpha value is -0.350. The Balaban J connectivity index is 2.52. The summed E-state index contributed by atoms with van der Waals surface area (Å²) >= 11 is 4.97. The minimum absolute atomic E-state index is 0.0694. The molecule has 0 N–H and O–H groups in total. The van der Waals surface area contributed by atoms with E-state index in [0.717, 1.165) is 10.0 Å². The first-order chi connectivity index (χ1) is 7.52. The highest BCUT2D eigenvalue weighted by atomic mass is 79.9. The molecule has 1 aliphatic heterocycles. The van der Waals surface area contributed by atoms with Gasteiger partial charge in [0.05, 0.1) is 10.8 Å². The van der Waals surface area contributed by atoms with Crippen LogP contribution < -0.4 is 0 Å². The number of carbonyl (C=O) groups excluding carboxylic acids is 1. The topological polar surface area (TPSA) is 17.1 Å². The molecule has 2 rings (SSSR count). The van der Waals surface area contributed by atoms with E-state index in [1.807, 2.05) is 13.8 Å². The van der Waals surface area contributed by atoms with Crippen molar-refractivity contribution >= 4 is 33.5 Å². The molecule has 1 atom stereocenters. The number of rotatable bonds is 1. The number of halogens is 2. The predicted octanol–water partition coefficient (Wildman–Crippen LogP) is 4.04. The summed E-state index contributed by atoms with van der Waals surface area (Å²) in [6.45, 7) is 3.99. The third kappa shape index (κ3) is 1.93. The maximum absolute atomic E-state index is 13.7. The second-order valence-corrected chi connectivity index (χ2v) is 6.21. The van der Waals surface area contributed by atoms with Crippen LogP contribution in [0.25, 0.3) is 0 Å². The highest BCUT2D eigenvalue weighted by Crippen LogP contribution is 2.38. The minimum atomic E-state index is -0.394. The van der Waals surface area contributed by atoms with Crippen LogP contribution in [0.15, 0.2) is 16.6 Å². The van der Waals surface area contributed by atoms with Crippen LogP contribution in [0, 0.1) is 11.7 Å². The van der Waals surface area contributed by atoms with E-state index in [-0.39, 0.29) is 22.5 Å². The van der Waals surface area contributed by atoms with Gasteiger partial charge < -0.3 is 0 Å². The van der Waals surface area contributed by atoms with Crippen LogP contribution in [0.1, 0.15) is 29.8 Å². The Bertz CT molecular complexity index is 445. The van der Waals surface area contributed by atoms with E-state index in [9.17, 15) is 9.18 Å². The van der Waals surface area contributed by atoms with Gasteiger partial charge in [-0.3, -0.25) is 4.79 Å². The van der Waals surface area contributed by atoms with Crippen molar-refractivity contribution < 1.29 is 9.18 Å². The Kier molecular flexibility index (Phi) is 3.40. The summed E-state index contributed by atoms with van der Waals surface area (Å²) in [7, 11) is 0. The van der Waals surface area contributed by atoms with E-state index in [1.54, 1.807) is 17.8 Å². The highest BCUT2D eigenvalue weighted by Gasteiger charge is 2.33. The number of hydrogen-bond acceptors (Lipinski definition) is 2. The van der Waals surface area contributed by atoms with Gasteiger partial charge in [-0.25, -0.2) is 4.39 Å². The van der Waals surface area contributed by atoms with Crippen molar-refractivity contribution in [3.63, 3.8) is 0 Å². The van der Waals surface area contributed by atoms with Crippen molar-refractivity contribution in [2.75, 3.05) is 0 Å². The summed E-state index contributed by atoms with van der Waals surface area (Å²) in [5, 5.41) is -0.115. The largest absolute Gasteiger partial charge is 0.293 e. The van der Waals surface area contributed by atoms with E-state index in [0.29, 0.717) is 5.75 Å². The molecule has 0 amide bonds. The summed E-state index contributed by atoms with van der Waals surface area (Å²) in [6, 6.07) is 3.02. The molecule has 0 aromatic heterocycles. The maximum Gasteiger partial charge on any atom is 0.179 e. The number of Topliss-reactive ketones (excluding diaryl/α,β-unsaturated/α-hetero) is 1.